The number of thiazole rings is 1. The summed E-state index contributed by atoms with van der Waals surface area (Å²) in [5.41, 5.74) is 2.09. The van der Waals surface area contributed by atoms with Gasteiger partial charge in [0.05, 0.1) is 25.7 Å². The number of ether oxygens (including phenoxy) is 3. The highest BCUT2D eigenvalue weighted by molar-refractivity contribution is 7.18. The maximum atomic E-state index is 12.4. The number of aromatic nitrogens is 1. The molecule has 5 nitrogen and oxygen atoms in total. The number of esters is 1. The Morgan fingerprint density at radius 3 is 2.38 bits per heavy atom. The highest BCUT2D eigenvalue weighted by atomic mass is 32.1. The zero-order valence-electron chi connectivity index (χ0n) is 14.8. The molecule has 3 aromatic rings. The summed E-state index contributed by atoms with van der Waals surface area (Å²) in [7, 11) is 3.16. The van der Waals surface area contributed by atoms with Gasteiger partial charge in [-0.15, -0.1) is 11.3 Å². The summed E-state index contributed by atoms with van der Waals surface area (Å²) >= 11 is 1.44. The number of rotatable bonds is 6. The largest absolute Gasteiger partial charge is 0.493 e. The Morgan fingerprint density at radius 2 is 1.73 bits per heavy atom. The molecule has 0 spiro atoms. The number of methoxy groups -OCH3 is 2. The van der Waals surface area contributed by atoms with Crippen LogP contribution < -0.4 is 9.47 Å². The van der Waals surface area contributed by atoms with E-state index in [9.17, 15) is 4.79 Å². The van der Waals surface area contributed by atoms with Gasteiger partial charge in [-0.05, 0) is 30.7 Å². The molecule has 0 saturated carbocycles. The Labute approximate surface area is 156 Å². The minimum atomic E-state index is -0.435. The van der Waals surface area contributed by atoms with Crippen molar-refractivity contribution in [3.8, 4) is 32.5 Å². The van der Waals surface area contributed by atoms with Crippen molar-refractivity contribution >= 4 is 17.3 Å². The van der Waals surface area contributed by atoms with E-state index < -0.39 is 5.97 Å². The fraction of sp³-hybridized carbons (Fsp3) is 0.200. The van der Waals surface area contributed by atoms with Gasteiger partial charge in [-0.3, -0.25) is 0 Å². The highest BCUT2D eigenvalue weighted by Gasteiger charge is 2.22. The second kappa shape index (κ2) is 8.01. The summed E-state index contributed by atoms with van der Waals surface area (Å²) in [6, 6.07) is 15.3. The van der Waals surface area contributed by atoms with Crippen LogP contribution in [0.3, 0.4) is 0 Å². The second-order valence-corrected chi connectivity index (χ2v) is 6.35. The van der Waals surface area contributed by atoms with E-state index in [4.69, 9.17) is 14.2 Å². The number of hydrogen-bond acceptors (Lipinski definition) is 6. The van der Waals surface area contributed by atoms with E-state index in [0.717, 1.165) is 21.0 Å². The Balaban J connectivity index is 2.13. The van der Waals surface area contributed by atoms with Crippen molar-refractivity contribution in [2.75, 3.05) is 20.8 Å². The number of carbonyl (C=O) groups is 1. The monoisotopic (exact) mass is 369 g/mol. The van der Waals surface area contributed by atoms with Crippen LogP contribution in [0.1, 0.15) is 17.4 Å². The van der Waals surface area contributed by atoms with E-state index in [2.05, 4.69) is 4.98 Å². The van der Waals surface area contributed by atoms with Crippen LogP contribution in [-0.2, 0) is 4.74 Å². The Bertz CT molecular complexity index is 905. The molecule has 134 valence electrons. The van der Waals surface area contributed by atoms with Crippen molar-refractivity contribution in [3.63, 3.8) is 0 Å². The van der Waals surface area contributed by atoms with E-state index in [1.807, 2.05) is 48.5 Å². The van der Waals surface area contributed by atoms with Gasteiger partial charge in [-0.25, -0.2) is 9.78 Å². The smallest absolute Gasteiger partial charge is 0.358 e. The molecule has 0 aliphatic carbocycles. The van der Waals surface area contributed by atoms with Crippen molar-refractivity contribution in [1.82, 2.24) is 4.98 Å². The third-order valence-corrected chi connectivity index (χ3v) is 4.92. The molecule has 1 aromatic heterocycles. The maximum absolute atomic E-state index is 12.4. The molecular formula is C20H19NO4S. The van der Waals surface area contributed by atoms with Crippen LogP contribution in [0.4, 0.5) is 0 Å². The third kappa shape index (κ3) is 3.55. The van der Waals surface area contributed by atoms with Gasteiger partial charge < -0.3 is 14.2 Å². The van der Waals surface area contributed by atoms with Gasteiger partial charge in [0.25, 0.3) is 0 Å². The Kier molecular flexibility index (Phi) is 5.53. The van der Waals surface area contributed by atoms with Crippen LogP contribution in [0.15, 0.2) is 48.5 Å². The molecule has 1 heterocycles. The van der Waals surface area contributed by atoms with Crippen LogP contribution in [0.2, 0.25) is 0 Å². The van der Waals surface area contributed by atoms with E-state index in [1.54, 1.807) is 21.1 Å². The molecule has 6 heteroatoms. The molecule has 0 aliphatic heterocycles. The molecule has 0 fully saturated rings. The molecule has 2 aromatic carbocycles. The highest BCUT2D eigenvalue weighted by Crippen LogP contribution is 2.39. The fourth-order valence-electron chi connectivity index (χ4n) is 2.54. The quantitative estimate of drug-likeness (QED) is 0.591. The first-order valence-corrected chi connectivity index (χ1v) is 8.95. The predicted molar refractivity (Wildman–Crippen MR) is 102 cm³/mol. The standard InChI is InChI=1S/C20H19NO4S/c1-4-25-20(22)17-18(14-10-11-15(23-2)16(12-14)24-3)26-19(21-17)13-8-6-5-7-9-13/h5-12H,4H2,1-3H3. The summed E-state index contributed by atoms with van der Waals surface area (Å²) in [6.45, 7) is 2.07. The van der Waals surface area contributed by atoms with Crippen LogP contribution in [0.5, 0.6) is 11.5 Å². The van der Waals surface area contributed by atoms with Crippen molar-refractivity contribution in [1.29, 1.82) is 0 Å². The first kappa shape index (κ1) is 17.9. The van der Waals surface area contributed by atoms with Gasteiger partial charge in [-0.2, -0.15) is 0 Å². The number of hydrogen-bond donors (Lipinski definition) is 0. The van der Waals surface area contributed by atoms with Crippen molar-refractivity contribution in [3.05, 3.63) is 54.2 Å². The Morgan fingerprint density at radius 1 is 1.00 bits per heavy atom. The molecule has 0 aliphatic rings. The molecular weight excluding hydrogens is 350 g/mol. The van der Waals surface area contributed by atoms with E-state index in [1.165, 1.54) is 11.3 Å². The van der Waals surface area contributed by atoms with E-state index >= 15 is 0 Å². The van der Waals surface area contributed by atoms with E-state index in [-0.39, 0.29) is 0 Å². The average molecular weight is 369 g/mol. The Hall–Kier alpha value is -2.86. The second-order valence-electron chi connectivity index (χ2n) is 5.35. The lowest BCUT2D eigenvalue weighted by Gasteiger charge is -2.09. The van der Waals surface area contributed by atoms with Gasteiger partial charge in [-0.1, -0.05) is 30.3 Å². The van der Waals surface area contributed by atoms with Crippen LogP contribution in [0.25, 0.3) is 21.0 Å². The lowest BCUT2D eigenvalue weighted by atomic mass is 10.1. The SMILES string of the molecule is CCOC(=O)c1nc(-c2ccccc2)sc1-c1ccc(OC)c(OC)c1. The zero-order valence-corrected chi connectivity index (χ0v) is 15.6. The molecule has 0 atom stereocenters. The molecule has 26 heavy (non-hydrogen) atoms. The number of benzene rings is 2. The first-order valence-electron chi connectivity index (χ1n) is 8.13. The van der Waals surface area contributed by atoms with Gasteiger partial charge >= 0.3 is 5.97 Å². The minimum absolute atomic E-state index is 0.294. The molecule has 0 saturated heterocycles. The summed E-state index contributed by atoms with van der Waals surface area (Å²) < 4.78 is 15.9. The van der Waals surface area contributed by atoms with Crippen molar-refractivity contribution < 1.29 is 19.0 Å². The fourth-order valence-corrected chi connectivity index (χ4v) is 3.59. The van der Waals surface area contributed by atoms with E-state index in [0.29, 0.717) is 23.8 Å². The van der Waals surface area contributed by atoms with Crippen LogP contribution >= 0.6 is 11.3 Å². The first-order chi connectivity index (χ1) is 12.7. The van der Waals surface area contributed by atoms with Gasteiger partial charge in [0.15, 0.2) is 17.2 Å². The molecule has 0 amide bonds. The van der Waals surface area contributed by atoms with Crippen LogP contribution in [-0.4, -0.2) is 31.8 Å². The lowest BCUT2D eigenvalue weighted by molar-refractivity contribution is 0.0521. The number of nitrogens with zero attached hydrogens (tertiary/aromatic N) is 1. The molecule has 0 N–H and O–H groups in total. The van der Waals surface area contributed by atoms with Crippen molar-refractivity contribution in [2.24, 2.45) is 0 Å². The molecule has 0 bridgehead atoms. The van der Waals surface area contributed by atoms with Gasteiger partial charge in [0.1, 0.15) is 5.01 Å². The summed E-state index contributed by atoms with van der Waals surface area (Å²) in [5, 5.41) is 0.762. The van der Waals surface area contributed by atoms with Crippen molar-refractivity contribution in [2.45, 2.75) is 6.92 Å². The minimum Gasteiger partial charge on any atom is -0.493 e. The number of carbonyl (C=O) groups excluding carboxylic acids is 1. The predicted octanol–water partition coefficient (Wildman–Crippen LogP) is 4.67. The zero-order chi connectivity index (χ0) is 18.5. The lowest BCUT2D eigenvalue weighted by Crippen LogP contribution is -2.06. The average Bonchev–Trinajstić information content (AvgIpc) is 3.14. The normalized spacial score (nSPS) is 10.4. The summed E-state index contributed by atoms with van der Waals surface area (Å²) in [5.74, 6) is 0.784. The summed E-state index contributed by atoms with van der Waals surface area (Å²) in [4.78, 5) is 17.7. The molecule has 0 radical (unpaired) electrons. The molecule has 3 rings (SSSR count). The summed E-state index contributed by atoms with van der Waals surface area (Å²) in [6.07, 6.45) is 0. The van der Waals surface area contributed by atoms with Gasteiger partial charge in [0.2, 0.25) is 0 Å². The maximum Gasteiger partial charge on any atom is 0.358 e. The third-order valence-electron chi connectivity index (χ3n) is 3.76. The topological polar surface area (TPSA) is 57.7 Å². The van der Waals surface area contributed by atoms with Crippen LogP contribution in [0, 0.1) is 0 Å². The van der Waals surface area contributed by atoms with Gasteiger partial charge in [0, 0.05) is 5.56 Å². The molecule has 0 unspecified atom stereocenters.